The average Bonchev–Trinajstić information content (AvgIpc) is 2.29. The van der Waals surface area contributed by atoms with Crippen LogP contribution in [-0.4, -0.2) is 26.8 Å². The molecule has 1 aromatic rings. The van der Waals surface area contributed by atoms with Crippen LogP contribution in [0.3, 0.4) is 0 Å². The van der Waals surface area contributed by atoms with Crippen molar-refractivity contribution in [1.82, 2.24) is 0 Å². The summed E-state index contributed by atoms with van der Waals surface area (Å²) >= 11 is 0. The van der Waals surface area contributed by atoms with Gasteiger partial charge in [-0.3, -0.25) is 0 Å². The first-order valence-corrected chi connectivity index (χ1v) is 5.07. The minimum absolute atomic E-state index is 0.691. The molecule has 3 heteroatoms. The van der Waals surface area contributed by atoms with E-state index in [1.807, 2.05) is 32.2 Å². The number of nitriles is 1. The van der Waals surface area contributed by atoms with Crippen LogP contribution in [0.25, 0.3) is 0 Å². The lowest BCUT2D eigenvalue weighted by atomic mass is 10.2. The lowest BCUT2D eigenvalue weighted by Gasteiger charge is -2.19. The molecule has 0 aromatic heterocycles. The predicted octanol–water partition coefficient (Wildman–Crippen LogP) is 2.03. The van der Waals surface area contributed by atoms with Crippen LogP contribution in [-0.2, 0) is 4.74 Å². The lowest BCUT2D eigenvalue weighted by molar-refractivity contribution is 0.154. The Bertz CT molecular complexity index is 344. The van der Waals surface area contributed by atoms with Crippen molar-refractivity contribution < 1.29 is 4.74 Å². The molecule has 0 unspecified atom stereocenters. The summed E-state index contributed by atoms with van der Waals surface area (Å²) in [6, 6.07) is 9.70. The molecule has 0 bridgehead atoms. The zero-order chi connectivity index (χ0) is 11.1. The van der Waals surface area contributed by atoms with E-state index in [4.69, 9.17) is 10.00 Å². The Morgan fingerprint density at radius 1 is 1.47 bits per heavy atom. The Hall–Kier alpha value is -1.53. The molecule has 0 heterocycles. The molecule has 1 aromatic carbocycles. The summed E-state index contributed by atoms with van der Waals surface area (Å²) in [5.74, 6) is 0. The highest BCUT2D eigenvalue weighted by atomic mass is 16.5. The monoisotopic (exact) mass is 204 g/mol. The maximum atomic E-state index is 8.76. The van der Waals surface area contributed by atoms with Crippen molar-refractivity contribution >= 4 is 5.69 Å². The number of rotatable bonds is 5. The molecule has 80 valence electrons. The van der Waals surface area contributed by atoms with E-state index in [0.29, 0.717) is 12.2 Å². The van der Waals surface area contributed by atoms with Gasteiger partial charge in [0.15, 0.2) is 0 Å². The van der Waals surface area contributed by atoms with E-state index in [1.54, 1.807) is 6.07 Å². The number of ether oxygens (including phenoxy) is 1. The maximum absolute atomic E-state index is 8.76. The first-order chi connectivity index (χ1) is 7.27. The highest BCUT2D eigenvalue weighted by Gasteiger charge is 2.00. The lowest BCUT2D eigenvalue weighted by Crippen LogP contribution is -2.22. The van der Waals surface area contributed by atoms with Crippen LogP contribution in [0.2, 0.25) is 0 Å². The Balaban J connectivity index is 2.57. The van der Waals surface area contributed by atoms with Crippen molar-refractivity contribution in [2.75, 3.05) is 31.7 Å². The Labute approximate surface area is 90.9 Å². The van der Waals surface area contributed by atoms with E-state index in [9.17, 15) is 0 Å². The molecule has 0 saturated carbocycles. The second-order valence-electron chi connectivity index (χ2n) is 3.28. The molecule has 0 aliphatic rings. The van der Waals surface area contributed by atoms with Gasteiger partial charge in [-0.1, -0.05) is 6.07 Å². The molecular formula is C12H16N2O. The van der Waals surface area contributed by atoms with Gasteiger partial charge < -0.3 is 9.64 Å². The fourth-order valence-electron chi connectivity index (χ4n) is 1.29. The quantitative estimate of drug-likeness (QED) is 0.688. The van der Waals surface area contributed by atoms with Crippen molar-refractivity contribution in [3.8, 4) is 6.07 Å². The topological polar surface area (TPSA) is 36.3 Å². The molecule has 15 heavy (non-hydrogen) atoms. The number of likely N-dealkylation sites (N-methyl/N-ethyl adjacent to an activating group) is 1. The van der Waals surface area contributed by atoms with Crippen LogP contribution in [0.15, 0.2) is 24.3 Å². The molecule has 0 aliphatic heterocycles. The number of hydrogen-bond acceptors (Lipinski definition) is 3. The standard InChI is InChI=1S/C12H16N2O/c1-3-15-8-7-14(2)12-6-4-5-11(9-12)10-13/h4-6,9H,3,7-8H2,1-2H3. The van der Waals surface area contributed by atoms with E-state index in [0.717, 1.165) is 18.8 Å². The number of anilines is 1. The van der Waals surface area contributed by atoms with Crippen LogP contribution in [0.5, 0.6) is 0 Å². The van der Waals surface area contributed by atoms with Gasteiger partial charge in [-0.15, -0.1) is 0 Å². The first-order valence-electron chi connectivity index (χ1n) is 5.07. The van der Waals surface area contributed by atoms with Gasteiger partial charge in [0.25, 0.3) is 0 Å². The minimum atomic E-state index is 0.691. The van der Waals surface area contributed by atoms with Gasteiger partial charge in [0, 0.05) is 25.9 Å². The summed E-state index contributed by atoms with van der Waals surface area (Å²) in [7, 11) is 2.00. The van der Waals surface area contributed by atoms with Crippen molar-refractivity contribution in [2.24, 2.45) is 0 Å². The van der Waals surface area contributed by atoms with Crippen molar-refractivity contribution in [3.05, 3.63) is 29.8 Å². The Morgan fingerprint density at radius 2 is 2.27 bits per heavy atom. The smallest absolute Gasteiger partial charge is 0.0992 e. The highest BCUT2D eigenvalue weighted by Crippen LogP contribution is 2.13. The minimum Gasteiger partial charge on any atom is -0.380 e. The molecule has 3 nitrogen and oxygen atoms in total. The van der Waals surface area contributed by atoms with Crippen LogP contribution >= 0.6 is 0 Å². The van der Waals surface area contributed by atoms with E-state index in [2.05, 4.69) is 11.0 Å². The van der Waals surface area contributed by atoms with Crippen molar-refractivity contribution in [2.45, 2.75) is 6.92 Å². The molecule has 0 amide bonds. The maximum Gasteiger partial charge on any atom is 0.0992 e. The van der Waals surface area contributed by atoms with E-state index >= 15 is 0 Å². The summed E-state index contributed by atoms with van der Waals surface area (Å²) in [5.41, 5.74) is 1.74. The summed E-state index contributed by atoms with van der Waals surface area (Å²) in [6.45, 7) is 4.27. The van der Waals surface area contributed by atoms with Crippen LogP contribution < -0.4 is 4.90 Å². The van der Waals surface area contributed by atoms with E-state index < -0.39 is 0 Å². The molecule has 0 aliphatic carbocycles. The highest BCUT2D eigenvalue weighted by molar-refractivity contribution is 5.50. The third-order valence-electron chi connectivity index (χ3n) is 2.19. The summed E-state index contributed by atoms with van der Waals surface area (Å²) in [6.07, 6.45) is 0. The number of benzene rings is 1. The zero-order valence-corrected chi connectivity index (χ0v) is 9.23. The summed E-state index contributed by atoms with van der Waals surface area (Å²) < 4.78 is 5.28. The Kier molecular flexibility index (Phi) is 4.65. The zero-order valence-electron chi connectivity index (χ0n) is 9.23. The van der Waals surface area contributed by atoms with Gasteiger partial charge in [-0.2, -0.15) is 5.26 Å². The number of nitrogens with zero attached hydrogens (tertiary/aromatic N) is 2. The molecular weight excluding hydrogens is 188 g/mol. The SMILES string of the molecule is CCOCCN(C)c1cccc(C#N)c1. The third kappa shape index (κ3) is 3.61. The Morgan fingerprint density at radius 3 is 2.93 bits per heavy atom. The molecule has 0 N–H and O–H groups in total. The predicted molar refractivity (Wildman–Crippen MR) is 60.9 cm³/mol. The van der Waals surface area contributed by atoms with Gasteiger partial charge in [0.2, 0.25) is 0 Å². The molecule has 0 fully saturated rings. The van der Waals surface area contributed by atoms with Crippen molar-refractivity contribution in [1.29, 1.82) is 5.26 Å². The van der Waals surface area contributed by atoms with Gasteiger partial charge >= 0.3 is 0 Å². The van der Waals surface area contributed by atoms with E-state index in [-0.39, 0.29) is 0 Å². The fourth-order valence-corrected chi connectivity index (χ4v) is 1.29. The third-order valence-corrected chi connectivity index (χ3v) is 2.19. The van der Waals surface area contributed by atoms with Gasteiger partial charge in [0.1, 0.15) is 0 Å². The summed E-state index contributed by atoms with van der Waals surface area (Å²) in [5, 5.41) is 8.76. The van der Waals surface area contributed by atoms with Crippen LogP contribution in [0, 0.1) is 11.3 Å². The van der Waals surface area contributed by atoms with Gasteiger partial charge in [0.05, 0.1) is 18.2 Å². The van der Waals surface area contributed by atoms with Crippen LogP contribution in [0.4, 0.5) is 5.69 Å². The molecule has 0 atom stereocenters. The molecule has 0 radical (unpaired) electrons. The first kappa shape index (κ1) is 11.5. The second-order valence-corrected chi connectivity index (χ2v) is 3.28. The largest absolute Gasteiger partial charge is 0.380 e. The van der Waals surface area contributed by atoms with Crippen LogP contribution in [0.1, 0.15) is 12.5 Å². The van der Waals surface area contributed by atoms with Gasteiger partial charge in [-0.25, -0.2) is 0 Å². The van der Waals surface area contributed by atoms with Gasteiger partial charge in [-0.05, 0) is 25.1 Å². The average molecular weight is 204 g/mol. The number of hydrogen-bond donors (Lipinski definition) is 0. The van der Waals surface area contributed by atoms with E-state index in [1.165, 1.54) is 0 Å². The normalized spacial score (nSPS) is 9.67. The summed E-state index contributed by atoms with van der Waals surface area (Å²) in [4.78, 5) is 2.08. The molecule has 0 saturated heterocycles. The molecule has 0 spiro atoms. The van der Waals surface area contributed by atoms with Crippen molar-refractivity contribution in [3.63, 3.8) is 0 Å². The second kappa shape index (κ2) is 6.05. The fraction of sp³-hybridized carbons (Fsp3) is 0.417. The molecule has 1 rings (SSSR count).